The van der Waals surface area contributed by atoms with E-state index in [1.807, 2.05) is 91.6 Å². The number of hydrogen-bond acceptors (Lipinski definition) is 15. The van der Waals surface area contributed by atoms with Gasteiger partial charge in [0.15, 0.2) is 15.1 Å². The summed E-state index contributed by atoms with van der Waals surface area (Å²) in [5.74, 6) is 0.162. The van der Waals surface area contributed by atoms with Crippen LogP contribution < -0.4 is 30.1 Å². The van der Waals surface area contributed by atoms with E-state index in [2.05, 4.69) is 57.5 Å². The Morgan fingerprint density at radius 2 is 0.787 bits per heavy atom. The predicted molar refractivity (Wildman–Crippen MR) is 345 cm³/mol. The molecule has 1 atom stereocenters. The van der Waals surface area contributed by atoms with E-state index in [4.69, 9.17) is 11.6 Å². The Hall–Kier alpha value is -6.88. The summed E-state index contributed by atoms with van der Waals surface area (Å²) in [6, 6.07) is 10.2. The van der Waals surface area contributed by atoms with Crippen molar-refractivity contribution in [3.63, 3.8) is 0 Å². The van der Waals surface area contributed by atoms with Gasteiger partial charge in [-0.15, -0.1) is 0 Å². The van der Waals surface area contributed by atoms with Gasteiger partial charge in [0.1, 0.15) is 0 Å². The molecule has 6 amide bonds. The summed E-state index contributed by atoms with van der Waals surface area (Å²) in [6.07, 6.45) is 12.0. The van der Waals surface area contributed by atoms with Gasteiger partial charge in [0.05, 0.1) is 17.1 Å². The number of halogens is 1. The van der Waals surface area contributed by atoms with Crippen LogP contribution in [0.4, 0.5) is 31.4 Å². The minimum Gasteiger partial charge on any atom is -0.307 e. The number of hydrogen-bond donors (Lipinski definition) is 6. The molecule has 3 aromatic carbocycles. The predicted octanol–water partition coefficient (Wildman–Crippen LogP) is 8.39. The van der Waals surface area contributed by atoms with Crippen molar-refractivity contribution in [3.05, 3.63) is 120 Å². The topological polar surface area (TPSA) is 289 Å². The normalized spacial score (nSPS) is 14.7. The van der Waals surface area contributed by atoms with Crippen molar-refractivity contribution in [1.82, 2.24) is 58.2 Å². The molecule has 6 N–H and O–H groups in total. The van der Waals surface area contributed by atoms with Gasteiger partial charge in [0.2, 0.25) is 0 Å². The Labute approximate surface area is 529 Å². The quantitative estimate of drug-likeness (QED) is 0.0500. The molecule has 1 unspecified atom stereocenters. The lowest BCUT2D eigenvalue weighted by Crippen LogP contribution is -2.35. The first-order valence-corrected chi connectivity index (χ1v) is 34.8. The van der Waals surface area contributed by atoms with E-state index in [0.29, 0.717) is 29.5 Å². The summed E-state index contributed by atoms with van der Waals surface area (Å²) in [5.41, 5.74) is 15.8. The molecule has 4 aliphatic rings. The van der Waals surface area contributed by atoms with Crippen molar-refractivity contribution < 1.29 is 39.6 Å². The van der Waals surface area contributed by atoms with Crippen LogP contribution in [0.2, 0.25) is 5.02 Å². The zero-order valence-electron chi connectivity index (χ0n) is 53.5. The highest BCUT2D eigenvalue weighted by Gasteiger charge is 2.31. The summed E-state index contributed by atoms with van der Waals surface area (Å²) in [4.78, 5) is 43.7. The van der Waals surface area contributed by atoms with Crippen LogP contribution in [0.15, 0.2) is 57.5 Å². The van der Waals surface area contributed by atoms with Crippen molar-refractivity contribution in [3.8, 4) is 0 Å². The van der Waals surface area contributed by atoms with Crippen LogP contribution in [0.25, 0.3) is 0 Å². The second-order valence-electron chi connectivity index (χ2n) is 24.8. The molecule has 6 aromatic rings. The SMILES string of the molecule is CC(C)c1cc(Cl)cc(C(C)C)c1NC(=O)NS(=O)(=O)c1cc(CN(C)C)n(C)n1.CC(c1cc(S(=O)(=O)NC(=O)Nc2c3c(cc4c2CCC4)CCC3)nn1C)N(C)C.CN(C)Cc1cc(S(=O)(=O)NC(=O)Nc2c3c(cc4c2CCC4)CCC3)nn1C. The van der Waals surface area contributed by atoms with Gasteiger partial charge in [-0.25, -0.2) is 28.5 Å². The maximum absolute atomic E-state index is 12.8. The monoisotopic (exact) mass is 1300 g/mol. The first-order valence-electron chi connectivity index (χ1n) is 30.0. The van der Waals surface area contributed by atoms with Crippen LogP contribution in [-0.2, 0) is 116 Å². The molecular formula is C61H86ClN15O9S3. The Morgan fingerprint density at radius 1 is 0.472 bits per heavy atom. The van der Waals surface area contributed by atoms with Gasteiger partial charge in [-0.2, -0.15) is 40.5 Å². The molecule has 0 bridgehead atoms. The van der Waals surface area contributed by atoms with Crippen LogP contribution in [0, 0.1) is 0 Å². The summed E-state index contributed by atoms with van der Waals surface area (Å²) in [6.45, 7) is 11.0. The average molecular weight is 1310 g/mol. The third-order valence-electron chi connectivity index (χ3n) is 16.5. The number of carbonyl (C=O) groups excluding carboxylic acids is 3. The third kappa shape index (κ3) is 16.0. The van der Waals surface area contributed by atoms with E-state index in [-0.39, 0.29) is 33.0 Å². The molecule has 10 rings (SSSR count). The highest BCUT2D eigenvalue weighted by Crippen LogP contribution is 2.41. The summed E-state index contributed by atoms with van der Waals surface area (Å²) >= 11 is 6.25. The number of sulfonamides is 3. The zero-order valence-corrected chi connectivity index (χ0v) is 56.7. The highest BCUT2D eigenvalue weighted by atomic mass is 35.5. The molecule has 0 aliphatic heterocycles. The lowest BCUT2D eigenvalue weighted by Gasteiger charge is -2.21. The third-order valence-corrected chi connectivity index (χ3v) is 20.4. The number of nitrogens with one attached hydrogen (secondary N) is 6. The number of anilines is 3. The van der Waals surface area contributed by atoms with Crippen molar-refractivity contribution in [1.29, 1.82) is 0 Å². The van der Waals surface area contributed by atoms with E-state index in [1.165, 1.54) is 54.5 Å². The minimum absolute atomic E-state index is 0.0187. The van der Waals surface area contributed by atoms with Crippen LogP contribution in [0.5, 0.6) is 0 Å². The van der Waals surface area contributed by atoms with Crippen LogP contribution in [-0.4, -0.2) is 130 Å². The van der Waals surface area contributed by atoms with E-state index < -0.39 is 48.2 Å². The molecule has 0 radical (unpaired) electrons. The largest absolute Gasteiger partial charge is 0.333 e. The first-order chi connectivity index (χ1) is 41.7. The number of carbonyl (C=O) groups is 3. The van der Waals surface area contributed by atoms with Crippen LogP contribution in [0.3, 0.4) is 0 Å². The highest BCUT2D eigenvalue weighted by molar-refractivity contribution is 7.90. The fourth-order valence-corrected chi connectivity index (χ4v) is 15.0. The lowest BCUT2D eigenvalue weighted by molar-refractivity contribution is 0.255. The maximum Gasteiger partial charge on any atom is 0.333 e. The van der Waals surface area contributed by atoms with E-state index in [9.17, 15) is 39.6 Å². The Kier molecular flexibility index (Phi) is 21.2. The standard InChI is InChI=1S/C21H29N5O3S.C20H30ClN5O3S.C20H27N5O3S/c1-13(25(2)3)18-12-19(23-26(18)4)30(28,29)24-21(27)22-20-16-9-5-7-14(16)11-15-8-6-10-17(15)20;1-12(2)16-8-14(21)9-17(13(3)4)19(16)22-20(27)24-30(28,29)18-10-15(11-25(5)6)26(7)23-18;1-24(2)12-15-11-18(22-25(15)3)29(27,28)23-20(26)21-19-16-8-4-6-13(16)10-14-7-5-9-17(14)19/h11-13H,5-10H2,1-4H3,(H2,22,24,27);8-10,12-13H,11H2,1-7H3,(H2,22,24,27);10-11H,4-9,12H2,1-3H3,(H2,21,23,26). The maximum atomic E-state index is 12.8. The van der Waals surface area contributed by atoms with Crippen molar-refractivity contribution in [2.24, 2.45) is 21.1 Å². The number of benzene rings is 3. The first kappa shape index (κ1) is 68.0. The number of nitrogens with zero attached hydrogens (tertiary/aromatic N) is 9. The van der Waals surface area contributed by atoms with Crippen molar-refractivity contribution in [2.75, 3.05) is 58.2 Å². The van der Waals surface area contributed by atoms with Crippen LogP contribution in [0.1, 0.15) is 151 Å². The summed E-state index contributed by atoms with van der Waals surface area (Å²) in [5, 5.41) is 20.7. The average Bonchev–Trinajstić information content (AvgIpc) is 1.88. The van der Waals surface area contributed by atoms with Gasteiger partial charge in [0.25, 0.3) is 30.1 Å². The zero-order chi connectivity index (χ0) is 65.2. The number of urea groups is 3. The smallest absolute Gasteiger partial charge is 0.307 e. The Balaban J connectivity index is 0.000000173. The fraction of sp³-hybridized carbons (Fsp3) is 0.508. The second-order valence-corrected chi connectivity index (χ2v) is 30.1. The van der Waals surface area contributed by atoms with Gasteiger partial charge in [0, 0.05) is 80.6 Å². The molecule has 3 aromatic heterocycles. The van der Waals surface area contributed by atoms with Gasteiger partial charge in [-0.05, 0) is 206 Å². The van der Waals surface area contributed by atoms with Gasteiger partial charge in [-0.3, -0.25) is 14.0 Å². The molecule has 0 spiro atoms. The molecule has 484 valence electrons. The molecule has 89 heavy (non-hydrogen) atoms. The fourth-order valence-electron chi connectivity index (χ4n) is 12.0. The molecule has 4 aliphatic carbocycles. The molecule has 24 nitrogen and oxygen atoms in total. The number of aryl methyl sites for hydroxylation is 7. The second kappa shape index (κ2) is 27.7. The molecule has 3 heterocycles. The summed E-state index contributed by atoms with van der Waals surface area (Å²) in [7, 11) is 4.13. The van der Waals surface area contributed by atoms with Crippen LogP contribution >= 0.6 is 11.6 Å². The van der Waals surface area contributed by atoms with Crippen molar-refractivity contribution in [2.45, 2.75) is 158 Å². The van der Waals surface area contributed by atoms with E-state index in [1.54, 1.807) is 33.3 Å². The van der Waals surface area contributed by atoms with Crippen molar-refractivity contribution >= 4 is 76.8 Å². The number of amides is 6. The molecule has 28 heteroatoms. The summed E-state index contributed by atoms with van der Waals surface area (Å²) < 4.78 is 87.2. The van der Waals surface area contributed by atoms with Gasteiger partial charge in [-0.1, -0.05) is 51.4 Å². The molecule has 0 saturated heterocycles. The Morgan fingerprint density at radius 3 is 1.10 bits per heavy atom. The minimum atomic E-state index is -4.13. The number of rotatable bonds is 17. The number of fused-ring (bicyclic) bond motifs is 4. The van der Waals surface area contributed by atoms with Gasteiger partial charge < -0.3 is 30.7 Å². The van der Waals surface area contributed by atoms with E-state index >= 15 is 0 Å². The molecule has 0 saturated carbocycles. The van der Waals surface area contributed by atoms with E-state index in [0.717, 1.165) is 133 Å². The van der Waals surface area contributed by atoms with Gasteiger partial charge >= 0.3 is 18.1 Å². The molecular weight excluding hydrogens is 1220 g/mol. The molecule has 0 fully saturated rings. The lowest BCUT2D eigenvalue weighted by atomic mass is 9.92. The number of aromatic nitrogens is 6. The Bertz CT molecular complexity index is 3930.